The molecule has 0 amide bonds. The number of hydrogen-bond donors (Lipinski definition) is 0. The maximum Gasteiger partial charge on any atom is 0.211 e. The molecule has 24 heavy (non-hydrogen) atoms. The highest BCUT2D eigenvalue weighted by Crippen LogP contribution is 2.35. The summed E-state index contributed by atoms with van der Waals surface area (Å²) < 4.78 is 0. The van der Waals surface area contributed by atoms with Gasteiger partial charge in [-0.05, 0) is 36.4 Å². The van der Waals surface area contributed by atoms with Crippen molar-refractivity contribution in [3.63, 3.8) is 0 Å². The predicted molar refractivity (Wildman–Crippen MR) is 94.5 cm³/mol. The summed E-state index contributed by atoms with van der Waals surface area (Å²) in [4.78, 5) is 28.8. The van der Waals surface area contributed by atoms with Crippen LogP contribution in [-0.2, 0) is 0 Å². The van der Waals surface area contributed by atoms with Crippen LogP contribution in [0.2, 0.25) is 0 Å². The molecule has 0 aromatic heterocycles. The zero-order valence-corrected chi connectivity index (χ0v) is 13.5. The van der Waals surface area contributed by atoms with Gasteiger partial charge in [-0.3, -0.25) is 9.59 Å². The maximum absolute atomic E-state index is 12.6. The van der Waals surface area contributed by atoms with Crippen molar-refractivity contribution in [2.45, 2.75) is 0 Å². The number of Topliss-reactive ketones (excluding diaryl/α,β-unsaturated/α-hetero) is 2. The smallest absolute Gasteiger partial charge is 0.211 e. The molecule has 2 aromatic rings. The molecule has 2 heterocycles. The lowest BCUT2D eigenvalue weighted by Gasteiger charge is -2.14. The minimum Gasteiger partial charge on any atom is -0.341 e. The van der Waals surface area contributed by atoms with Gasteiger partial charge < -0.3 is 9.80 Å². The van der Waals surface area contributed by atoms with Crippen LogP contribution >= 0.6 is 0 Å². The SMILES string of the molecule is CN1/C(=C\C=C2/C(=O)c3ccccc3N2C)C(=O)c2ccccc21. The van der Waals surface area contributed by atoms with Gasteiger partial charge in [0.25, 0.3) is 0 Å². The number of fused-ring (bicyclic) bond motifs is 2. The Morgan fingerprint density at radius 1 is 0.667 bits per heavy atom. The second kappa shape index (κ2) is 5.20. The third kappa shape index (κ3) is 1.93. The Balaban J connectivity index is 1.73. The van der Waals surface area contributed by atoms with Crippen LogP contribution in [0.25, 0.3) is 0 Å². The van der Waals surface area contributed by atoms with Crippen LogP contribution in [-0.4, -0.2) is 25.7 Å². The minimum atomic E-state index is -0.0180. The monoisotopic (exact) mass is 316 g/mol. The average molecular weight is 316 g/mol. The summed E-state index contributed by atoms with van der Waals surface area (Å²) in [6.07, 6.45) is 3.47. The van der Waals surface area contributed by atoms with E-state index in [0.29, 0.717) is 22.5 Å². The highest BCUT2D eigenvalue weighted by molar-refractivity contribution is 6.20. The lowest BCUT2D eigenvalue weighted by Crippen LogP contribution is -2.16. The topological polar surface area (TPSA) is 40.6 Å². The molecule has 0 saturated carbocycles. The van der Waals surface area contributed by atoms with Crippen molar-refractivity contribution in [3.8, 4) is 0 Å². The molecular weight excluding hydrogens is 300 g/mol. The maximum atomic E-state index is 12.6. The standard InChI is InChI=1S/C20H16N2O2/c1-21-15-9-5-3-7-13(15)19(23)17(21)11-12-18-20(24)14-8-4-6-10-16(14)22(18)2/h3-12H,1-2H3/b17-11-,18-12+. The number of para-hydroxylation sites is 2. The summed E-state index contributed by atoms with van der Waals surface area (Å²) in [7, 11) is 3.73. The lowest BCUT2D eigenvalue weighted by atomic mass is 10.1. The van der Waals surface area contributed by atoms with Crippen LogP contribution in [0.4, 0.5) is 11.4 Å². The zero-order chi connectivity index (χ0) is 16.8. The molecule has 2 aromatic carbocycles. The molecule has 0 fully saturated rings. The molecule has 4 rings (SSSR count). The summed E-state index contributed by atoms with van der Waals surface area (Å²) in [5, 5.41) is 0. The van der Waals surface area contributed by atoms with Gasteiger partial charge in [-0.1, -0.05) is 24.3 Å². The number of hydrogen-bond acceptors (Lipinski definition) is 4. The van der Waals surface area contributed by atoms with Crippen LogP contribution in [0.15, 0.2) is 72.1 Å². The van der Waals surface area contributed by atoms with Crippen LogP contribution in [0.3, 0.4) is 0 Å². The molecule has 0 bridgehead atoms. The van der Waals surface area contributed by atoms with E-state index in [1.165, 1.54) is 0 Å². The Hall–Kier alpha value is -3.14. The molecule has 0 atom stereocenters. The number of carbonyl (C=O) groups excluding carboxylic acids is 2. The quantitative estimate of drug-likeness (QED) is 0.756. The first-order chi connectivity index (χ1) is 11.6. The van der Waals surface area contributed by atoms with Crippen molar-refractivity contribution >= 4 is 22.9 Å². The van der Waals surface area contributed by atoms with Crippen LogP contribution in [0.1, 0.15) is 20.7 Å². The lowest BCUT2D eigenvalue weighted by molar-refractivity contribution is 0.103. The van der Waals surface area contributed by atoms with Gasteiger partial charge in [0.15, 0.2) is 0 Å². The van der Waals surface area contributed by atoms with E-state index in [4.69, 9.17) is 0 Å². The van der Waals surface area contributed by atoms with Crippen molar-refractivity contribution in [1.82, 2.24) is 0 Å². The molecule has 0 unspecified atom stereocenters. The Kier molecular flexibility index (Phi) is 3.13. The first-order valence-electron chi connectivity index (χ1n) is 7.76. The zero-order valence-electron chi connectivity index (χ0n) is 13.5. The third-order valence-electron chi connectivity index (χ3n) is 4.61. The molecular formula is C20H16N2O2. The summed E-state index contributed by atoms with van der Waals surface area (Å²) in [5.41, 5.74) is 4.31. The summed E-state index contributed by atoms with van der Waals surface area (Å²) >= 11 is 0. The number of nitrogens with zero attached hydrogens (tertiary/aromatic N) is 2. The number of allylic oxidation sites excluding steroid dienone is 4. The van der Waals surface area contributed by atoms with Gasteiger partial charge >= 0.3 is 0 Å². The number of carbonyl (C=O) groups is 2. The number of likely N-dealkylation sites (N-methyl/N-ethyl adjacent to an activating group) is 2. The molecule has 4 nitrogen and oxygen atoms in total. The van der Waals surface area contributed by atoms with Crippen molar-refractivity contribution in [3.05, 3.63) is 83.2 Å². The average Bonchev–Trinajstić information content (AvgIpc) is 3.00. The van der Waals surface area contributed by atoms with E-state index < -0.39 is 0 Å². The highest BCUT2D eigenvalue weighted by atomic mass is 16.1. The van der Waals surface area contributed by atoms with Crippen LogP contribution < -0.4 is 9.80 Å². The van der Waals surface area contributed by atoms with E-state index in [1.54, 1.807) is 12.2 Å². The molecule has 0 spiro atoms. The van der Waals surface area contributed by atoms with E-state index >= 15 is 0 Å². The molecule has 2 aliphatic rings. The van der Waals surface area contributed by atoms with Gasteiger partial charge in [-0.2, -0.15) is 0 Å². The predicted octanol–water partition coefficient (Wildman–Crippen LogP) is 3.42. The Morgan fingerprint density at radius 2 is 1.04 bits per heavy atom. The van der Waals surface area contributed by atoms with E-state index in [0.717, 1.165) is 11.4 Å². The van der Waals surface area contributed by atoms with Gasteiger partial charge in [0.2, 0.25) is 11.6 Å². The van der Waals surface area contributed by atoms with Crippen molar-refractivity contribution in [1.29, 1.82) is 0 Å². The fourth-order valence-corrected chi connectivity index (χ4v) is 3.29. The van der Waals surface area contributed by atoms with Crippen LogP contribution in [0, 0.1) is 0 Å². The fourth-order valence-electron chi connectivity index (χ4n) is 3.29. The Bertz CT molecular complexity index is 863. The van der Waals surface area contributed by atoms with Gasteiger partial charge in [-0.15, -0.1) is 0 Å². The number of anilines is 2. The number of rotatable bonds is 1. The molecule has 0 N–H and O–H groups in total. The van der Waals surface area contributed by atoms with Crippen molar-refractivity contribution in [2.75, 3.05) is 23.9 Å². The van der Waals surface area contributed by atoms with Crippen LogP contribution in [0.5, 0.6) is 0 Å². The first-order valence-corrected chi connectivity index (χ1v) is 7.76. The Labute approximate surface area is 140 Å². The number of ketones is 2. The van der Waals surface area contributed by atoms with Gasteiger partial charge in [0.1, 0.15) is 0 Å². The van der Waals surface area contributed by atoms with Gasteiger partial charge in [0.05, 0.1) is 22.8 Å². The summed E-state index contributed by atoms with van der Waals surface area (Å²) in [6, 6.07) is 15.0. The van der Waals surface area contributed by atoms with Gasteiger partial charge in [-0.25, -0.2) is 0 Å². The van der Waals surface area contributed by atoms with Crippen molar-refractivity contribution < 1.29 is 9.59 Å². The summed E-state index contributed by atoms with van der Waals surface area (Å²) in [5.74, 6) is -0.0360. The minimum absolute atomic E-state index is 0.0180. The van der Waals surface area contributed by atoms with Gasteiger partial charge in [0, 0.05) is 25.2 Å². The summed E-state index contributed by atoms with van der Waals surface area (Å²) in [6.45, 7) is 0. The Morgan fingerprint density at radius 3 is 1.42 bits per heavy atom. The molecule has 0 saturated heterocycles. The molecule has 2 aliphatic heterocycles. The van der Waals surface area contributed by atoms with Crippen molar-refractivity contribution in [2.24, 2.45) is 0 Å². The molecule has 0 aliphatic carbocycles. The first kappa shape index (κ1) is 14.5. The molecule has 4 heteroatoms. The van der Waals surface area contributed by atoms with E-state index in [-0.39, 0.29) is 11.6 Å². The fraction of sp³-hybridized carbons (Fsp3) is 0.100. The second-order valence-corrected chi connectivity index (χ2v) is 5.91. The number of benzene rings is 2. The molecule has 0 radical (unpaired) electrons. The molecule has 118 valence electrons. The second-order valence-electron chi connectivity index (χ2n) is 5.91. The van der Waals surface area contributed by atoms with E-state index in [9.17, 15) is 9.59 Å². The largest absolute Gasteiger partial charge is 0.341 e. The van der Waals surface area contributed by atoms with E-state index in [2.05, 4.69) is 0 Å². The van der Waals surface area contributed by atoms with E-state index in [1.807, 2.05) is 72.4 Å². The highest BCUT2D eigenvalue weighted by Gasteiger charge is 2.31. The normalized spacial score (nSPS) is 19.4. The third-order valence-corrected chi connectivity index (χ3v) is 4.61.